The van der Waals surface area contributed by atoms with Gasteiger partial charge in [-0.05, 0) is 59.8 Å². The summed E-state index contributed by atoms with van der Waals surface area (Å²) in [5, 5.41) is 3.49. The van der Waals surface area contributed by atoms with E-state index in [0.29, 0.717) is 0 Å². The van der Waals surface area contributed by atoms with Gasteiger partial charge in [-0.15, -0.1) is 11.3 Å². The number of anilines is 1. The number of hydrogen-bond donors (Lipinski definition) is 0. The highest BCUT2D eigenvalue weighted by Gasteiger charge is 2.20. The van der Waals surface area contributed by atoms with Crippen molar-refractivity contribution in [2.24, 2.45) is 0 Å². The van der Waals surface area contributed by atoms with Gasteiger partial charge in [-0.2, -0.15) is 4.98 Å². The standard InChI is InChI=1S/C28H25ClN4S/c1-19-11-12-22(16-20(19)2)24-18-34-27-25(24)26(31-28(29)32-27)33(17-21-8-4-3-5-9-21)15-13-23-10-6-7-14-30-23/h3-12,14,16,18H,13,15,17H2,1-2H3. The first-order valence-corrected chi connectivity index (χ1v) is 12.6. The molecule has 0 amide bonds. The van der Waals surface area contributed by atoms with Crippen LogP contribution in [-0.2, 0) is 13.0 Å². The normalized spacial score (nSPS) is 11.1. The maximum absolute atomic E-state index is 6.43. The molecule has 2 aromatic carbocycles. The molecule has 3 heterocycles. The molecule has 0 aliphatic rings. The molecule has 6 heteroatoms. The lowest BCUT2D eigenvalue weighted by atomic mass is 10.0. The Morgan fingerprint density at radius 2 is 1.74 bits per heavy atom. The predicted octanol–water partition coefficient (Wildman–Crippen LogP) is 7.27. The lowest BCUT2D eigenvalue weighted by Gasteiger charge is -2.25. The van der Waals surface area contributed by atoms with Crippen molar-refractivity contribution >= 4 is 39.0 Å². The van der Waals surface area contributed by atoms with Crippen molar-refractivity contribution in [3.8, 4) is 11.1 Å². The van der Waals surface area contributed by atoms with Crippen LogP contribution < -0.4 is 4.90 Å². The van der Waals surface area contributed by atoms with E-state index < -0.39 is 0 Å². The second-order valence-corrected chi connectivity index (χ2v) is 9.62. The van der Waals surface area contributed by atoms with Gasteiger partial charge in [-0.1, -0.05) is 54.6 Å². The number of thiophene rings is 1. The number of hydrogen-bond acceptors (Lipinski definition) is 5. The summed E-state index contributed by atoms with van der Waals surface area (Å²) in [5.74, 6) is 0.865. The van der Waals surface area contributed by atoms with E-state index in [0.717, 1.165) is 46.8 Å². The fraction of sp³-hybridized carbons (Fsp3) is 0.179. The van der Waals surface area contributed by atoms with Gasteiger partial charge in [0, 0.05) is 42.3 Å². The minimum Gasteiger partial charge on any atom is -0.351 e. The summed E-state index contributed by atoms with van der Waals surface area (Å²) in [7, 11) is 0. The van der Waals surface area contributed by atoms with Crippen LogP contribution in [0.1, 0.15) is 22.4 Å². The van der Waals surface area contributed by atoms with Crippen LogP contribution in [0.4, 0.5) is 5.82 Å². The van der Waals surface area contributed by atoms with Crippen molar-refractivity contribution in [2.75, 3.05) is 11.4 Å². The summed E-state index contributed by atoms with van der Waals surface area (Å²) >= 11 is 8.05. The molecule has 5 rings (SSSR count). The molecular weight excluding hydrogens is 460 g/mol. The number of benzene rings is 2. The summed E-state index contributed by atoms with van der Waals surface area (Å²) in [6.45, 7) is 5.77. The van der Waals surface area contributed by atoms with Gasteiger partial charge in [0.2, 0.25) is 5.28 Å². The van der Waals surface area contributed by atoms with E-state index in [-0.39, 0.29) is 5.28 Å². The van der Waals surface area contributed by atoms with Crippen molar-refractivity contribution in [3.63, 3.8) is 0 Å². The molecule has 0 unspecified atom stereocenters. The summed E-state index contributed by atoms with van der Waals surface area (Å²) < 4.78 is 0. The highest BCUT2D eigenvalue weighted by Crippen LogP contribution is 2.40. The molecule has 3 aromatic heterocycles. The van der Waals surface area contributed by atoms with Crippen LogP contribution in [0.3, 0.4) is 0 Å². The van der Waals surface area contributed by atoms with Crippen molar-refractivity contribution in [1.29, 1.82) is 0 Å². The van der Waals surface area contributed by atoms with Crippen molar-refractivity contribution in [3.05, 3.63) is 106 Å². The van der Waals surface area contributed by atoms with Gasteiger partial charge in [0.15, 0.2) is 0 Å². The highest BCUT2D eigenvalue weighted by molar-refractivity contribution is 7.17. The molecule has 0 atom stereocenters. The molecule has 0 saturated heterocycles. The predicted molar refractivity (Wildman–Crippen MR) is 143 cm³/mol. The quantitative estimate of drug-likeness (QED) is 0.228. The second kappa shape index (κ2) is 9.92. The van der Waals surface area contributed by atoms with E-state index in [1.54, 1.807) is 11.3 Å². The first-order valence-electron chi connectivity index (χ1n) is 11.3. The van der Waals surface area contributed by atoms with E-state index in [9.17, 15) is 0 Å². The summed E-state index contributed by atoms with van der Waals surface area (Å²) in [5.41, 5.74) is 7.14. The third-order valence-electron chi connectivity index (χ3n) is 6.08. The van der Waals surface area contributed by atoms with E-state index in [1.807, 2.05) is 24.4 Å². The molecule has 0 spiro atoms. The van der Waals surface area contributed by atoms with E-state index in [2.05, 4.69) is 82.6 Å². The molecule has 5 aromatic rings. The molecule has 0 saturated carbocycles. The topological polar surface area (TPSA) is 41.9 Å². The SMILES string of the molecule is Cc1ccc(-c2csc3nc(Cl)nc(N(CCc4ccccn4)Cc4ccccc4)c23)cc1C. The van der Waals surface area contributed by atoms with Gasteiger partial charge in [-0.25, -0.2) is 4.98 Å². The van der Waals surface area contributed by atoms with Crippen molar-refractivity contribution in [2.45, 2.75) is 26.8 Å². The highest BCUT2D eigenvalue weighted by atomic mass is 35.5. The van der Waals surface area contributed by atoms with E-state index in [1.165, 1.54) is 22.3 Å². The fourth-order valence-corrected chi connectivity index (χ4v) is 5.26. The largest absolute Gasteiger partial charge is 0.351 e. The fourth-order valence-electron chi connectivity index (χ4n) is 4.11. The second-order valence-electron chi connectivity index (χ2n) is 8.42. The summed E-state index contributed by atoms with van der Waals surface area (Å²) in [6, 6.07) is 23.1. The zero-order valence-electron chi connectivity index (χ0n) is 19.2. The monoisotopic (exact) mass is 484 g/mol. The number of pyridine rings is 1. The van der Waals surface area contributed by atoms with Gasteiger partial charge in [0.1, 0.15) is 10.6 Å². The Hall–Kier alpha value is -3.28. The molecule has 0 radical (unpaired) electrons. The maximum atomic E-state index is 6.43. The van der Waals surface area contributed by atoms with Gasteiger partial charge >= 0.3 is 0 Å². The zero-order chi connectivity index (χ0) is 23.5. The van der Waals surface area contributed by atoms with Crippen LogP contribution in [0.25, 0.3) is 21.3 Å². The van der Waals surface area contributed by atoms with Gasteiger partial charge in [0.25, 0.3) is 0 Å². The molecule has 170 valence electrons. The number of rotatable bonds is 7. The first-order chi connectivity index (χ1) is 16.6. The summed E-state index contributed by atoms with van der Waals surface area (Å²) in [4.78, 5) is 17.1. The Kier molecular flexibility index (Phi) is 6.57. The lowest BCUT2D eigenvalue weighted by molar-refractivity contribution is 0.761. The number of fused-ring (bicyclic) bond motifs is 1. The minimum absolute atomic E-state index is 0.270. The number of aryl methyl sites for hydroxylation is 2. The molecule has 0 aliphatic heterocycles. The Bertz CT molecular complexity index is 1420. The first kappa shape index (κ1) is 22.5. The third-order valence-corrected chi connectivity index (χ3v) is 7.13. The molecule has 0 bridgehead atoms. The van der Waals surface area contributed by atoms with E-state index in [4.69, 9.17) is 16.6 Å². The minimum atomic E-state index is 0.270. The zero-order valence-corrected chi connectivity index (χ0v) is 20.8. The average molecular weight is 485 g/mol. The summed E-state index contributed by atoms with van der Waals surface area (Å²) in [6.07, 6.45) is 2.65. The Morgan fingerprint density at radius 1 is 0.912 bits per heavy atom. The molecule has 4 nitrogen and oxygen atoms in total. The molecule has 0 aliphatic carbocycles. The number of nitrogens with zero attached hydrogens (tertiary/aromatic N) is 4. The third kappa shape index (κ3) is 4.81. The maximum Gasteiger partial charge on any atom is 0.225 e. The average Bonchev–Trinajstić information content (AvgIpc) is 3.28. The van der Waals surface area contributed by atoms with Crippen molar-refractivity contribution < 1.29 is 0 Å². The number of halogens is 1. The van der Waals surface area contributed by atoms with Gasteiger partial charge in [-0.3, -0.25) is 4.98 Å². The molecule has 34 heavy (non-hydrogen) atoms. The van der Waals surface area contributed by atoms with Crippen LogP contribution in [-0.4, -0.2) is 21.5 Å². The van der Waals surface area contributed by atoms with Crippen LogP contribution in [0.15, 0.2) is 78.3 Å². The van der Waals surface area contributed by atoms with Crippen LogP contribution in [0.5, 0.6) is 0 Å². The Balaban J connectivity index is 1.62. The van der Waals surface area contributed by atoms with Gasteiger partial charge in [0.05, 0.1) is 5.39 Å². The van der Waals surface area contributed by atoms with E-state index >= 15 is 0 Å². The smallest absolute Gasteiger partial charge is 0.225 e. The van der Waals surface area contributed by atoms with Crippen LogP contribution in [0, 0.1) is 13.8 Å². The van der Waals surface area contributed by atoms with Gasteiger partial charge < -0.3 is 4.90 Å². The number of aromatic nitrogens is 3. The van der Waals surface area contributed by atoms with Crippen LogP contribution in [0.2, 0.25) is 5.28 Å². The molecular formula is C28H25ClN4S. The lowest BCUT2D eigenvalue weighted by Crippen LogP contribution is -2.27. The molecule has 0 fully saturated rings. The van der Waals surface area contributed by atoms with Crippen LogP contribution >= 0.6 is 22.9 Å². The van der Waals surface area contributed by atoms with Crippen molar-refractivity contribution in [1.82, 2.24) is 15.0 Å². The molecule has 0 N–H and O–H groups in total. The Morgan fingerprint density at radius 3 is 2.50 bits per heavy atom. The Labute approximate surface area is 208 Å².